The van der Waals surface area contributed by atoms with Crippen LogP contribution in [-0.4, -0.2) is 71.6 Å². The van der Waals surface area contributed by atoms with Gasteiger partial charge in [0, 0.05) is 45.8 Å². The summed E-state index contributed by atoms with van der Waals surface area (Å²) in [5.74, 6) is -0.309. The quantitative estimate of drug-likeness (QED) is 0.810. The van der Waals surface area contributed by atoms with E-state index in [1.54, 1.807) is 6.20 Å². The lowest BCUT2D eigenvalue weighted by Gasteiger charge is -2.18. The highest BCUT2D eigenvalue weighted by molar-refractivity contribution is 7.89. The van der Waals surface area contributed by atoms with E-state index < -0.39 is 16.1 Å². The summed E-state index contributed by atoms with van der Waals surface area (Å²) in [5.41, 5.74) is 1.99. The van der Waals surface area contributed by atoms with Gasteiger partial charge in [0.05, 0.1) is 23.2 Å². The topological polar surface area (TPSA) is 78.7 Å². The molecule has 7 nitrogen and oxygen atoms in total. The fourth-order valence-electron chi connectivity index (χ4n) is 3.14. The number of rotatable bonds is 6. The van der Waals surface area contributed by atoms with Crippen LogP contribution >= 0.6 is 0 Å². The zero-order chi connectivity index (χ0) is 18.0. The van der Waals surface area contributed by atoms with E-state index in [-0.39, 0.29) is 11.7 Å². The maximum absolute atomic E-state index is 12.1. The number of benzene rings is 1. The molecule has 1 aromatic heterocycles. The minimum absolute atomic E-state index is 0.0321. The van der Waals surface area contributed by atoms with Gasteiger partial charge in [-0.15, -0.1) is 0 Å². The van der Waals surface area contributed by atoms with E-state index in [1.165, 1.54) is 18.4 Å². The van der Waals surface area contributed by atoms with E-state index in [0.717, 1.165) is 11.4 Å². The number of aliphatic hydroxyl groups excluding tert-OH is 1. The second kappa shape index (κ2) is 7.25. The van der Waals surface area contributed by atoms with Crippen molar-refractivity contribution in [2.45, 2.75) is 12.6 Å². The average Bonchev–Trinajstić information content (AvgIpc) is 3.15. The Hall–Kier alpha value is -1.74. The second-order valence-electron chi connectivity index (χ2n) is 6.65. The van der Waals surface area contributed by atoms with Gasteiger partial charge in [0.2, 0.25) is 10.0 Å². The molecule has 8 heteroatoms. The van der Waals surface area contributed by atoms with Crippen molar-refractivity contribution in [3.05, 3.63) is 48.3 Å². The Kier molecular flexibility index (Phi) is 5.24. The Morgan fingerprint density at radius 1 is 1.20 bits per heavy atom. The first-order valence-electron chi connectivity index (χ1n) is 8.26. The molecule has 0 spiro atoms. The van der Waals surface area contributed by atoms with Crippen LogP contribution in [0.2, 0.25) is 0 Å². The molecule has 1 N–H and O–H groups in total. The third-order valence-electron chi connectivity index (χ3n) is 4.57. The van der Waals surface area contributed by atoms with Crippen LogP contribution in [0.1, 0.15) is 5.69 Å². The van der Waals surface area contributed by atoms with Gasteiger partial charge in [-0.2, -0.15) is 5.10 Å². The van der Waals surface area contributed by atoms with Crippen molar-refractivity contribution in [2.75, 3.05) is 32.9 Å². The van der Waals surface area contributed by atoms with Crippen molar-refractivity contribution < 1.29 is 13.5 Å². The number of hydrogen-bond donors (Lipinski definition) is 1. The number of para-hydroxylation sites is 1. The predicted octanol–water partition coefficient (Wildman–Crippen LogP) is 0.556. The Morgan fingerprint density at radius 2 is 1.92 bits per heavy atom. The van der Waals surface area contributed by atoms with E-state index in [2.05, 4.69) is 10.00 Å². The average molecular weight is 364 g/mol. The maximum Gasteiger partial charge on any atom is 0.214 e. The summed E-state index contributed by atoms with van der Waals surface area (Å²) >= 11 is 0. The molecule has 0 saturated carbocycles. The van der Waals surface area contributed by atoms with Gasteiger partial charge >= 0.3 is 0 Å². The number of aliphatic hydroxyl groups is 1. The van der Waals surface area contributed by atoms with Crippen LogP contribution in [0.4, 0.5) is 0 Å². The first-order chi connectivity index (χ1) is 11.9. The Morgan fingerprint density at radius 3 is 2.60 bits per heavy atom. The molecule has 0 aliphatic carbocycles. The predicted molar refractivity (Wildman–Crippen MR) is 95.8 cm³/mol. The van der Waals surface area contributed by atoms with Crippen molar-refractivity contribution in [1.29, 1.82) is 0 Å². The fraction of sp³-hybridized carbons (Fsp3) is 0.471. The second-order valence-corrected chi connectivity index (χ2v) is 8.88. The zero-order valence-corrected chi connectivity index (χ0v) is 15.3. The summed E-state index contributed by atoms with van der Waals surface area (Å²) in [4.78, 5) is 2.08. The van der Waals surface area contributed by atoms with Crippen molar-refractivity contribution in [3.63, 3.8) is 0 Å². The number of aromatic nitrogens is 2. The van der Waals surface area contributed by atoms with Crippen LogP contribution in [0.3, 0.4) is 0 Å². The zero-order valence-electron chi connectivity index (χ0n) is 14.5. The molecule has 25 heavy (non-hydrogen) atoms. The van der Waals surface area contributed by atoms with E-state index in [9.17, 15) is 13.5 Å². The Bertz CT molecular complexity index is 804. The number of sulfonamides is 1. The highest BCUT2D eigenvalue weighted by Crippen LogP contribution is 2.22. The van der Waals surface area contributed by atoms with Gasteiger partial charge in [-0.25, -0.2) is 17.4 Å². The highest BCUT2D eigenvalue weighted by Gasteiger charge is 2.35. The summed E-state index contributed by atoms with van der Waals surface area (Å²) in [7, 11) is -0.281. The first-order valence-corrected chi connectivity index (χ1v) is 9.86. The summed E-state index contributed by atoms with van der Waals surface area (Å²) in [6, 6.07) is 11.8. The van der Waals surface area contributed by atoms with Crippen LogP contribution in [0.15, 0.2) is 42.6 Å². The Labute approximate surface area is 148 Å². The molecule has 1 aliphatic heterocycles. The summed E-state index contributed by atoms with van der Waals surface area (Å²) in [6.07, 6.45) is 1.12. The molecule has 136 valence electrons. The smallest absolute Gasteiger partial charge is 0.214 e. The lowest BCUT2D eigenvalue weighted by Crippen LogP contribution is -2.33. The largest absolute Gasteiger partial charge is 0.391 e. The van der Waals surface area contributed by atoms with E-state index in [0.29, 0.717) is 19.6 Å². The minimum Gasteiger partial charge on any atom is -0.391 e. The molecule has 0 bridgehead atoms. The standard InChI is InChI=1S/C17H24N4O3S/c1-19(2)25(23,24)13-14-10-20(12-17(14)22)11-16-8-9-18-21(16)15-6-4-3-5-7-15/h3-9,14,17,22H,10-13H2,1-2H3/t14-,17-/m0/s1. The molecule has 3 rings (SSSR count). The van der Waals surface area contributed by atoms with Crippen LogP contribution in [0.5, 0.6) is 0 Å². The van der Waals surface area contributed by atoms with Crippen LogP contribution < -0.4 is 0 Å². The van der Waals surface area contributed by atoms with Gasteiger partial charge in [-0.3, -0.25) is 4.90 Å². The van der Waals surface area contributed by atoms with Crippen molar-refractivity contribution >= 4 is 10.0 Å². The van der Waals surface area contributed by atoms with E-state index >= 15 is 0 Å². The molecular weight excluding hydrogens is 340 g/mol. The molecule has 0 amide bonds. The third kappa shape index (κ3) is 4.09. The van der Waals surface area contributed by atoms with Gasteiger partial charge in [0.15, 0.2) is 0 Å². The number of likely N-dealkylation sites (tertiary alicyclic amines) is 1. The Balaban J connectivity index is 1.69. The number of hydrogen-bond acceptors (Lipinski definition) is 5. The first kappa shape index (κ1) is 18.1. The molecule has 1 fully saturated rings. The van der Waals surface area contributed by atoms with Crippen molar-refractivity contribution in [1.82, 2.24) is 19.0 Å². The van der Waals surface area contributed by atoms with Gasteiger partial charge in [-0.05, 0) is 18.2 Å². The molecule has 1 aromatic carbocycles. The van der Waals surface area contributed by atoms with Crippen LogP contribution in [0, 0.1) is 5.92 Å². The minimum atomic E-state index is -3.32. The molecule has 0 radical (unpaired) electrons. The van der Waals surface area contributed by atoms with Gasteiger partial charge in [-0.1, -0.05) is 18.2 Å². The molecule has 2 aromatic rings. The summed E-state index contributed by atoms with van der Waals surface area (Å²) in [5, 5.41) is 14.6. The van der Waals surface area contributed by atoms with Crippen molar-refractivity contribution in [3.8, 4) is 5.69 Å². The lowest BCUT2D eigenvalue weighted by atomic mass is 10.1. The SMILES string of the molecule is CN(C)S(=O)(=O)C[C@@H]1CN(Cc2ccnn2-c2ccccc2)C[C@@H]1O. The van der Waals surface area contributed by atoms with Gasteiger partial charge in [0.25, 0.3) is 0 Å². The van der Waals surface area contributed by atoms with Crippen molar-refractivity contribution in [2.24, 2.45) is 5.92 Å². The van der Waals surface area contributed by atoms with Gasteiger partial charge < -0.3 is 5.11 Å². The summed E-state index contributed by atoms with van der Waals surface area (Å²) < 4.78 is 27.2. The van der Waals surface area contributed by atoms with Crippen LogP contribution in [0.25, 0.3) is 5.69 Å². The molecule has 2 atom stereocenters. The molecule has 1 aliphatic rings. The maximum atomic E-state index is 12.1. The summed E-state index contributed by atoms with van der Waals surface area (Å²) in [6.45, 7) is 1.63. The van der Waals surface area contributed by atoms with E-state index in [1.807, 2.05) is 41.1 Å². The third-order valence-corrected chi connectivity index (χ3v) is 6.53. The highest BCUT2D eigenvalue weighted by atomic mass is 32.2. The van der Waals surface area contributed by atoms with Crippen LogP contribution in [-0.2, 0) is 16.6 Å². The molecule has 2 heterocycles. The monoisotopic (exact) mass is 364 g/mol. The molecular formula is C17H24N4O3S. The van der Waals surface area contributed by atoms with Gasteiger partial charge in [0.1, 0.15) is 0 Å². The normalized spacial score (nSPS) is 21.9. The fourth-order valence-corrected chi connectivity index (χ4v) is 4.30. The number of β-amino-alcohol motifs (C(OH)–C–C–N with tert-alkyl or cyclic N) is 1. The lowest BCUT2D eigenvalue weighted by molar-refractivity contribution is 0.148. The molecule has 0 unspecified atom stereocenters. The molecule has 1 saturated heterocycles. The number of nitrogens with zero attached hydrogens (tertiary/aromatic N) is 4. The van der Waals surface area contributed by atoms with E-state index in [4.69, 9.17) is 0 Å².